The van der Waals surface area contributed by atoms with Crippen LogP contribution < -0.4 is 0 Å². The van der Waals surface area contributed by atoms with Crippen LogP contribution in [0.3, 0.4) is 0 Å². The zero-order valence-electron chi connectivity index (χ0n) is 18.3. The molecule has 1 saturated heterocycles. The molecule has 0 N–H and O–H groups in total. The van der Waals surface area contributed by atoms with Gasteiger partial charge in [-0.2, -0.15) is 5.10 Å². The zero-order valence-corrected chi connectivity index (χ0v) is 18.3. The Balaban J connectivity index is 1.29. The first-order chi connectivity index (χ1) is 14.9. The molecule has 1 aromatic rings. The molecule has 0 unspecified atom stereocenters. The number of carbonyl (C=O) groups excluding carboxylic acids is 3. The minimum absolute atomic E-state index is 0.0240. The molecular weight excluding hydrogens is 394 g/mol. The van der Waals surface area contributed by atoms with Crippen molar-refractivity contribution in [2.45, 2.75) is 52.0 Å². The molecule has 31 heavy (non-hydrogen) atoms. The van der Waals surface area contributed by atoms with Crippen molar-refractivity contribution in [2.24, 2.45) is 22.9 Å². The van der Waals surface area contributed by atoms with Gasteiger partial charge >= 0.3 is 5.97 Å². The summed E-state index contributed by atoms with van der Waals surface area (Å²) in [6.45, 7) is 4.97. The summed E-state index contributed by atoms with van der Waals surface area (Å²) in [4.78, 5) is 39.5. The van der Waals surface area contributed by atoms with Crippen molar-refractivity contribution >= 4 is 23.5 Å². The van der Waals surface area contributed by atoms with E-state index >= 15 is 0 Å². The minimum Gasteiger partial charge on any atom is -0.455 e. The van der Waals surface area contributed by atoms with Crippen LogP contribution in [0, 0.1) is 17.8 Å². The average molecular weight is 426 g/mol. The highest BCUT2D eigenvalue weighted by atomic mass is 16.5. The number of hydrazone groups is 1. The molecule has 2 heterocycles. The third kappa shape index (κ3) is 4.65. The number of rotatable bonds is 5. The van der Waals surface area contributed by atoms with Gasteiger partial charge in [-0.3, -0.25) is 14.4 Å². The van der Waals surface area contributed by atoms with E-state index in [1.165, 1.54) is 11.4 Å². The van der Waals surface area contributed by atoms with Crippen molar-refractivity contribution in [1.82, 2.24) is 9.91 Å². The van der Waals surface area contributed by atoms with Crippen LogP contribution in [0.1, 0.15) is 51.5 Å². The Bertz CT molecular complexity index is 869. The normalized spacial score (nSPS) is 28.6. The quantitative estimate of drug-likeness (QED) is 0.680. The summed E-state index contributed by atoms with van der Waals surface area (Å²) >= 11 is 0. The Morgan fingerprint density at radius 3 is 2.71 bits per heavy atom. The van der Waals surface area contributed by atoms with Gasteiger partial charge in [0.05, 0.1) is 18.2 Å². The molecule has 2 amide bonds. The number of carbonyl (C=O) groups is 3. The number of hydrogen-bond donors (Lipinski definition) is 0. The van der Waals surface area contributed by atoms with E-state index in [2.05, 4.69) is 18.9 Å². The SMILES string of the molecule is C[C@@H]1[C@@H](C)CCC[C@@H]1N1C[C@H](C(=O)OCC(=O)N2CCC(c3ccccc3)=N2)CC1=O. The first-order valence-electron chi connectivity index (χ1n) is 11.3. The first kappa shape index (κ1) is 21.5. The van der Waals surface area contributed by atoms with Gasteiger partial charge in [-0.25, -0.2) is 5.01 Å². The van der Waals surface area contributed by atoms with Gasteiger partial charge in [0.15, 0.2) is 6.61 Å². The molecule has 166 valence electrons. The number of likely N-dealkylation sites (tertiary alicyclic amines) is 1. The van der Waals surface area contributed by atoms with Crippen molar-refractivity contribution in [3.05, 3.63) is 35.9 Å². The second-order valence-corrected chi connectivity index (χ2v) is 9.07. The van der Waals surface area contributed by atoms with E-state index in [1.807, 2.05) is 35.2 Å². The lowest BCUT2D eigenvalue weighted by Crippen LogP contribution is -2.45. The van der Waals surface area contributed by atoms with Crippen LogP contribution in [-0.4, -0.2) is 59.1 Å². The lowest BCUT2D eigenvalue weighted by Gasteiger charge is -2.39. The van der Waals surface area contributed by atoms with E-state index in [1.54, 1.807) is 0 Å². The number of hydrogen-bond acceptors (Lipinski definition) is 5. The van der Waals surface area contributed by atoms with Crippen LogP contribution in [-0.2, 0) is 19.1 Å². The monoisotopic (exact) mass is 425 g/mol. The number of esters is 1. The maximum Gasteiger partial charge on any atom is 0.311 e. The van der Waals surface area contributed by atoms with Crippen LogP contribution >= 0.6 is 0 Å². The summed E-state index contributed by atoms with van der Waals surface area (Å²) in [5, 5.41) is 5.75. The summed E-state index contributed by atoms with van der Waals surface area (Å²) in [5.41, 5.74) is 1.85. The standard InChI is InChI=1S/C24H31N3O4/c1-16-7-6-10-21(17(16)2)26-14-19(13-22(26)28)24(30)31-15-23(29)27-12-11-20(25-27)18-8-4-3-5-9-18/h3-5,8-9,16-17,19,21H,6-7,10-15H2,1-2H3/t16-,17+,19+,21-/m0/s1. The van der Waals surface area contributed by atoms with Gasteiger partial charge in [-0.1, -0.05) is 57.0 Å². The summed E-state index contributed by atoms with van der Waals surface area (Å²) in [7, 11) is 0. The molecule has 1 aromatic carbocycles. The van der Waals surface area contributed by atoms with Gasteiger partial charge in [0, 0.05) is 25.4 Å². The van der Waals surface area contributed by atoms with Gasteiger partial charge in [-0.15, -0.1) is 0 Å². The zero-order chi connectivity index (χ0) is 22.0. The molecular formula is C24H31N3O4. The third-order valence-corrected chi connectivity index (χ3v) is 7.09. The topological polar surface area (TPSA) is 79.3 Å². The summed E-state index contributed by atoms with van der Waals surface area (Å²) in [5.74, 6) is -0.261. The minimum atomic E-state index is -0.494. The number of amides is 2. The lowest BCUT2D eigenvalue weighted by molar-refractivity contribution is -0.155. The van der Waals surface area contributed by atoms with Crippen molar-refractivity contribution in [3.8, 4) is 0 Å². The Morgan fingerprint density at radius 1 is 1.16 bits per heavy atom. The molecule has 0 aromatic heterocycles. The summed E-state index contributed by atoms with van der Waals surface area (Å²) < 4.78 is 5.29. The van der Waals surface area contributed by atoms with E-state index in [4.69, 9.17) is 4.74 Å². The summed E-state index contributed by atoms with van der Waals surface area (Å²) in [6, 6.07) is 9.93. The molecule has 7 heteroatoms. The number of benzene rings is 1. The van der Waals surface area contributed by atoms with Crippen molar-refractivity contribution in [3.63, 3.8) is 0 Å². The molecule has 3 aliphatic rings. The molecule has 0 radical (unpaired) electrons. The second-order valence-electron chi connectivity index (χ2n) is 9.07. The lowest BCUT2D eigenvalue weighted by atomic mass is 9.77. The fourth-order valence-electron chi connectivity index (χ4n) is 5.00. The van der Waals surface area contributed by atoms with Crippen LogP contribution in [0.15, 0.2) is 35.4 Å². The molecule has 1 saturated carbocycles. The van der Waals surface area contributed by atoms with Crippen molar-refractivity contribution in [1.29, 1.82) is 0 Å². The molecule has 2 aliphatic heterocycles. The molecule has 1 aliphatic carbocycles. The smallest absolute Gasteiger partial charge is 0.311 e. The fourth-order valence-corrected chi connectivity index (χ4v) is 5.00. The van der Waals surface area contributed by atoms with Crippen LogP contribution in [0.5, 0.6) is 0 Å². The van der Waals surface area contributed by atoms with Crippen molar-refractivity contribution < 1.29 is 19.1 Å². The maximum atomic E-state index is 12.6. The van der Waals surface area contributed by atoms with Crippen LogP contribution in [0.4, 0.5) is 0 Å². The van der Waals surface area contributed by atoms with Gasteiger partial charge in [0.2, 0.25) is 5.91 Å². The Morgan fingerprint density at radius 2 is 1.94 bits per heavy atom. The predicted octanol–water partition coefficient (Wildman–Crippen LogP) is 2.84. The largest absolute Gasteiger partial charge is 0.455 e. The van der Waals surface area contributed by atoms with E-state index in [0.29, 0.717) is 31.3 Å². The maximum absolute atomic E-state index is 12.6. The molecule has 0 spiro atoms. The molecule has 2 fully saturated rings. The van der Waals surface area contributed by atoms with E-state index in [-0.39, 0.29) is 30.9 Å². The van der Waals surface area contributed by atoms with E-state index < -0.39 is 11.9 Å². The first-order valence-corrected chi connectivity index (χ1v) is 11.3. The highest BCUT2D eigenvalue weighted by Gasteiger charge is 2.42. The van der Waals surface area contributed by atoms with Crippen molar-refractivity contribution in [2.75, 3.05) is 19.7 Å². The summed E-state index contributed by atoms with van der Waals surface area (Å²) in [6.07, 6.45) is 4.15. The highest BCUT2D eigenvalue weighted by molar-refractivity contribution is 6.02. The van der Waals surface area contributed by atoms with Gasteiger partial charge in [-0.05, 0) is 23.8 Å². The molecule has 4 rings (SSSR count). The second kappa shape index (κ2) is 9.20. The Hall–Kier alpha value is -2.70. The molecule has 0 bridgehead atoms. The van der Waals surface area contributed by atoms with Crippen LogP contribution in [0.2, 0.25) is 0 Å². The predicted molar refractivity (Wildman–Crippen MR) is 116 cm³/mol. The fraction of sp³-hybridized carbons (Fsp3) is 0.583. The molecule has 4 atom stereocenters. The Kier molecular flexibility index (Phi) is 6.39. The third-order valence-electron chi connectivity index (χ3n) is 7.09. The van der Waals surface area contributed by atoms with Gasteiger partial charge in [0.25, 0.3) is 5.91 Å². The number of nitrogens with zero attached hydrogens (tertiary/aromatic N) is 3. The van der Waals surface area contributed by atoms with E-state index in [0.717, 1.165) is 24.1 Å². The van der Waals surface area contributed by atoms with Crippen LogP contribution in [0.25, 0.3) is 0 Å². The molecule has 7 nitrogen and oxygen atoms in total. The van der Waals surface area contributed by atoms with Gasteiger partial charge < -0.3 is 9.64 Å². The number of ether oxygens (including phenoxy) is 1. The van der Waals surface area contributed by atoms with Gasteiger partial charge in [0.1, 0.15) is 0 Å². The van der Waals surface area contributed by atoms with E-state index in [9.17, 15) is 14.4 Å². The Labute approximate surface area is 183 Å². The highest BCUT2D eigenvalue weighted by Crippen LogP contribution is 2.35. The average Bonchev–Trinajstić information content (AvgIpc) is 3.42.